The molecule has 4 nitrogen and oxygen atoms in total. The summed E-state index contributed by atoms with van der Waals surface area (Å²) in [6, 6.07) is 13.8. The second-order valence-electron chi connectivity index (χ2n) is 5.78. The fourth-order valence-electron chi connectivity index (χ4n) is 2.51. The quantitative estimate of drug-likeness (QED) is 0.727. The van der Waals surface area contributed by atoms with Gasteiger partial charge in [-0.15, -0.1) is 0 Å². The maximum atomic E-state index is 12.5. The highest BCUT2D eigenvalue weighted by molar-refractivity contribution is 7.16. The average molecular weight is 340 g/mol. The highest BCUT2D eigenvalue weighted by Gasteiger charge is 2.09. The van der Waals surface area contributed by atoms with Gasteiger partial charge in [-0.05, 0) is 43.7 Å². The van der Waals surface area contributed by atoms with E-state index in [1.165, 1.54) is 16.9 Å². The highest BCUT2D eigenvalue weighted by Crippen LogP contribution is 2.19. The molecule has 1 heterocycles. The van der Waals surface area contributed by atoms with Crippen molar-refractivity contribution in [3.05, 3.63) is 64.0 Å². The molecule has 0 aliphatic heterocycles. The summed E-state index contributed by atoms with van der Waals surface area (Å²) in [5.41, 5.74) is 4.00. The molecular weight excluding hydrogens is 320 g/mol. The van der Waals surface area contributed by atoms with E-state index in [0.29, 0.717) is 23.5 Å². The molecule has 1 aromatic heterocycles. The molecule has 24 heavy (non-hydrogen) atoms. The Morgan fingerprint density at radius 3 is 2.54 bits per heavy atom. The molecule has 0 bridgehead atoms. The van der Waals surface area contributed by atoms with Crippen molar-refractivity contribution in [1.82, 2.24) is 4.57 Å². The summed E-state index contributed by atoms with van der Waals surface area (Å²) >= 11 is 1.53. The summed E-state index contributed by atoms with van der Waals surface area (Å²) in [4.78, 5) is 17.6. The number of hydrogen-bond donors (Lipinski definition) is 0. The van der Waals surface area contributed by atoms with Crippen LogP contribution < -0.4 is 4.80 Å². The van der Waals surface area contributed by atoms with E-state index in [4.69, 9.17) is 4.74 Å². The molecule has 0 fully saturated rings. The monoisotopic (exact) mass is 340 g/mol. The van der Waals surface area contributed by atoms with E-state index in [2.05, 4.69) is 34.7 Å². The Kier molecular flexibility index (Phi) is 4.92. The van der Waals surface area contributed by atoms with Gasteiger partial charge in [0.2, 0.25) is 0 Å². The molecule has 2 aromatic carbocycles. The second kappa shape index (κ2) is 7.11. The van der Waals surface area contributed by atoms with E-state index < -0.39 is 0 Å². The molecular formula is C19H20N2O2S. The Morgan fingerprint density at radius 2 is 1.83 bits per heavy atom. The average Bonchev–Trinajstić information content (AvgIpc) is 2.89. The molecule has 0 unspecified atom stereocenters. The number of fused-ring (bicyclic) bond motifs is 1. The van der Waals surface area contributed by atoms with Gasteiger partial charge in [-0.25, -0.2) is 0 Å². The molecule has 0 N–H and O–H groups in total. The second-order valence-corrected chi connectivity index (χ2v) is 6.79. The number of aromatic nitrogens is 1. The standard InChI is InChI=1S/C19H20N2O2S/c1-13-4-7-15(8-5-13)18(22)20-19-21(10-11-23-3)16-9-6-14(2)12-17(16)24-19/h4-9,12H,10-11H2,1-3H3. The van der Waals surface area contributed by atoms with E-state index in [1.54, 1.807) is 7.11 Å². The van der Waals surface area contributed by atoms with E-state index in [1.807, 2.05) is 31.2 Å². The molecule has 0 atom stereocenters. The number of amides is 1. The Bertz CT molecular complexity index is 936. The molecule has 0 aliphatic rings. The van der Waals surface area contributed by atoms with Gasteiger partial charge in [0.25, 0.3) is 5.91 Å². The molecule has 3 rings (SSSR count). The lowest BCUT2D eigenvalue weighted by atomic mass is 10.1. The number of rotatable bonds is 4. The third-order valence-electron chi connectivity index (χ3n) is 3.85. The van der Waals surface area contributed by atoms with Crippen molar-refractivity contribution in [3.8, 4) is 0 Å². The zero-order valence-electron chi connectivity index (χ0n) is 14.1. The summed E-state index contributed by atoms with van der Waals surface area (Å²) in [7, 11) is 1.67. The van der Waals surface area contributed by atoms with Crippen molar-refractivity contribution >= 4 is 27.5 Å². The van der Waals surface area contributed by atoms with E-state index in [9.17, 15) is 4.79 Å². The Labute approximate surface area is 145 Å². The van der Waals surface area contributed by atoms with Crippen LogP contribution in [0.5, 0.6) is 0 Å². The molecule has 124 valence electrons. The normalized spacial score (nSPS) is 12.0. The van der Waals surface area contributed by atoms with Gasteiger partial charge in [-0.1, -0.05) is 35.1 Å². The van der Waals surface area contributed by atoms with Gasteiger partial charge in [-0.3, -0.25) is 4.79 Å². The predicted octanol–water partition coefficient (Wildman–Crippen LogP) is 3.71. The zero-order valence-corrected chi connectivity index (χ0v) is 14.9. The molecule has 3 aromatic rings. The first-order chi connectivity index (χ1) is 11.6. The molecule has 0 radical (unpaired) electrons. The van der Waals surface area contributed by atoms with Crippen molar-refractivity contribution in [1.29, 1.82) is 0 Å². The van der Waals surface area contributed by atoms with Gasteiger partial charge in [0.15, 0.2) is 4.80 Å². The number of nitrogens with zero attached hydrogens (tertiary/aromatic N) is 2. The SMILES string of the molecule is COCCn1c(=NC(=O)c2ccc(C)cc2)sc2cc(C)ccc21. The molecule has 1 amide bonds. The molecule has 0 saturated heterocycles. The largest absolute Gasteiger partial charge is 0.383 e. The lowest BCUT2D eigenvalue weighted by molar-refractivity contribution is 0.0997. The van der Waals surface area contributed by atoms with Crippen LogP contribution in [0, 0.1) is 13.8 Å². The molecule has 5 heteroatoms. The van der Waals surface area contributed by atoms with Crippen LogP contribution in [0.2, 0.25) is 0 Å². The minimum atomic E-state index is -0.218. The maximum Gasteiger partial charge on any atom is 0.279 e. The van der Waals surface area contributed by atoms with E-state index >= 15 is 0 Å². The third-order valence-corrected chi connectivity index (χ3v) is 4.89. The summed E-state index contributed by atoms with van der Waals surface area (Å²) < 4.78 is 8.38. The van der Waals surface area contributed by atoms with Crippen LogP contribution in [0.3, 0.4) is 0 Å². The highest BCUT2D eigenvalue weighted by atomic mass is 32.1. The number of benzene rings is 2. The van der Waals surface area contributed by atoms with Gasteiger partial charge in [-0.2, -0.15) is 4.99 Å². The first kappa shape index (κ1) is 16.6. The summed E-state index contributed by atoms with van der Waals surface area (Å²) in [5.74, 6) is -0.218. The van der Waals surface area contributed by atoms with Crippen LogP contribution in [0.1, 0.15) is 21.5 Å². The fraction of sp³-hybridized carbons (Fsp3) is 0.263. The van der Waals surface area contributed by atoms with E-state index in [0.717, 1.165) is 15.8 Å². The van der Waals surface area contributed by atoms with Crippen molar-refractivity contribution < 1.29 is 9.53 Å². The van der Waals surface area contributed by atoms with Crippen LogP contribution in [-0.2, 0) is 11.3 Å². The number of methoxy groups -OCH3 is 1. The molecule has 0 spiro atoms. The number of carbonyl (C=O) groups is 1. The number of thiazole rings is 1. The van der Waals surface area contributed by atoms with E-state index in [-0.39, 0.29) is 5.91 Å². The van der Waals surface area contributed by atoms with Gasteiger partial charge >= 0.3 is 0 Å². The maximum absolute atomic E-state index is 12.5. The van der Waals surface area contributed by atoms with Crippen molar-refractivity contribution in [2.24, 2.45) is 4.99 Å². The number of hydrogen-bond acceptors (Lipinski definition) is 3. The summed E-state index contributed by atoms with van der Waals surface area (Å²) in [6.07, 6.45) is 0. The van der Waals surface area contributed by atoms with Crippen molar-refractivity contribution in [2.45, 2.75) is 20.4 Å². The van der Waals surface area contributed by atoms with Crippen LogP contribution in [0.15, 0.2) is 47.5 Å². The van der Waals surface area contributed by atoms with Crippen molar-refractivity contribution in [2.75, 3.05) is 13.7 Å². The molecule has 0 aliphatic carbocycles. The number of aryl methyl sites for hydroxylation is 2. The van der Waals surface area contributed by atoms with Crippen LogP contribution in [0.4, 0.5) is 0 Å². The van der Waals surface area contributed by atoms with Gasteiger partial charge in [0, 0.05) is 19.2 Å². The van der Waals surface area contributed by atoms with Crippen LogP contribution in [-0.4, -0.2) is 24.2 Å². The molecule has 0 saturated carbocycles. The van der Waals surface area contributed by atoms with Crippen LogP contribution in [0.25, 0.3) is 10.2 Å². The smallest absolute Gasteiger partial charge is 0.279 e. The first-order valence-corrected chi connectivity index (χ1v) is 8.65. The van der Waals surface area contributed by atoms with Gasteiger partial charge < -0.3 is 9.30 Å². The Morgan fingerprint density at radius 1 is 1.12 bits per heavy atom. The minimum absolute atomic E-state index is 0.218. The summed E-state index contributed by atoms with van der Waals surface area (Å²) in [6.45, 7) is 5.30. The van der Waals surface area contributed by atoms with Crippen molar-refractivity contribution in [3.63, 3.8) is 0 Å². The topological polar surface area (TPSA) is 43.6 Å². The summed E-state index contributed by atoms with van der Waals surface area (Å²) in [5, 5.41) is 0. The lowest BCUT2D eigenvalue weighted by Crippen LogP contribution is -2.19. The third kappa shape index (κ3) is 3.47. The number of carbonyl (C=O) groups excluding carboxylic acids is 1. The van der Waals surface area contributed by atoms with Gasteiger partial charge in [0.05, 0.1) is 16.8 Å². The predicted molar refractivity (Wildman–Crippen MR) is 97.5 cm³/mol. The fourth-order valence-corrected chi connectivity index (χ4v) is 3.66. The lowest BCUT2D eigenvalue weighted by Gasteiger charge is -2.04. The van der Waals surface area contributed by atoms with Crippen LogP contribution >= 0.6 is 11.3 Å². The minimum Gasteiger partial charge on any atom is -0.383 e. The zero-order chi connectivity index (χ0) is 17.1. The Hall–Kier alpha value is -2.24. The van der Waals surface area contributed by atoms with Gasteiger partial charge in [0.1, 0.15) is 0 Å². The first-order valence-electron chi connectivity index (χ1n) is 7.83. The Balaban J connectivity index is 2.09. The number of ether oxygens (including phenoxy) is 1.